The third kappa shape index (κ3) is 3.41. The second kappa shape index (κ2) is 6.52. The predicted molar refractivity (Wildman–Crippen MR) is 69.4 cm³/mol. The highest BCUT2D eigenvalue weighted by Crippen LogP contribution is 2.27. The Morgan fingerprint density at radius 3 is 2.14 bits per heavy atom. The lowest BCUT2D eigenvalue weighted by molar-refractivity contribution is 0.114. The van der Waals surface area contributed by atoms with Crippen LogP contribution in [-0.2, 0) is 4.74 Å². The minimum absolute atomic E-state index is 0.0962. The number of halogens is 5. The summed E-state index contributed by atoms with van der Waals surface area (Å²) in [5.74, 6) is -10.2. The number of ether oxygens (including phenoxy) is 1. The van der Waals surface area contributed by atoms with Crippen molar-refractivity contribution >= 4 is 23.0 Å². The van der Waals surface area contributed by atoms with Crippen LogP contribution in [0, 0.1) is 29.1 Å². The van der Waals surface area contributed by atoms with Crippen molar-refractivity contribution in [3.05, 3.63) is 29.1 Å². The lowest BCUT2D eigenvalue weighted by Crippen LogP contribution is -2.35. The third-order valence-corrected chi connectivity index (χ3v) is 3.21. The van der Waals surface area contributed by atoms with Gasteiger partial charge in [-0.3, -0.25) is 0 Å². The highest BCUT2D eigenvalue weighted by atomic mass is 32.1. The van der Waals surface area contributed by atoms with E-state index in [9.17, 15) is 22.0 Å². The maximum absolute atomic E-state index is 13.4. The van der Waals surface area contributed by atoms with Crippen molar-refractivity contribution in [2.75, 3.05) is 18.5 Å². The molecule has 1 atom stereocenters. The van der Waals surface area contributed by atoms with E-state index < -0.39 is 34.8 Å². The smallest absolute Gasteiger partial charge is 0.200 e. The van der Waals surface area contributed by atoms with Crippen molar-refractivity contribution < 1.29 is 26.7 Å². The number of rotatable bonds is 3. The first kappa shape index (κ1) is 15.9. The fraction of sp³-hybridized carbons (Fsp3) is 0.417. The van der Waals surface area contributed by atoms with Crippen molar-refractivity contribution in [2.45, 2.75) is 18.9 Å². The van der Waals surface area contributed by atoms with E-state index in [1.807, 2.05) is 5.32 Å². The van der Waals surface area contributed by atoms with Gasteiger partial charge in [0, 0.05) is 13.2 Å². The zero-order chi connectivity index (χ0) is 15.6. The molecule has 0 aromatic heterocycles. The van der Waals surface area contributed by atoms with Crippen molar-refractivity contribution in [3.63, 3.8) is 0 Å². The summed E-state index contributed by atoms with van der Waals surface area (Å²) in [6.07, 6.45) is 1.60. The minimum Gasteiger partial charge on any atom is -0.376 e. The van der Waals surface area contributed by atoms with Crippen molar-refractivity contribution in [1.82, 2.24) is 5.32 Å². The molecule has 0 saturated carbocycles. The van der Waals surface area contributed by atoms with E-state index in [4.69, 9.17) is 17.0 Å². The normalized spacial score (nSPS) is 17.9. The minimum atomic E-state index is -2.21. The number of anilines is 1. The number of thiocarbonyl (C=S) groups is 1. The molecule has 1 aliphatic heterocycles. The van der Waals surface area contributed by atoms with Crippen LogP contribution >= 0.6 is 12.2 Å². The Bertz CT molecular complexity index is 534. The molecular formula is C12H11F5N2OS. The Morgan fingerprint density at radius 2 is 1.62 bits per heavy atom. The number of nitrogens with one attached hydrogen (secondary N) is 2. The highest BCUT2D eigenvalue weighted by molar-refractivity contribution is 7.80. The van der Waals surface area contributed by atoms with Crippen LogP contribution in [0.5, 0.6) is 0 Å². The van der Waals surface area contributed by atoms with Crippen LogP contribution < -0.4 is 10.6 Å². The Balaban J connectivity index is 2.06. The summed E-state index contributed by atoms with van der Waals surface area (Å²) in [5.41, 5.74) is -1.18. The van der Waals surface area contributed by atoms with E-state index in [1.165, 1.54) is 0 Å². The van der Waals surface area contributed by atoms with Gasteiger partial charge in [0.1, 0.15) is 5.69 Å². The van der Waals surface area contributed by atoms with Crippen molar-refractivity contribution in [2.24, 2.45) is 0 Å². The van der Waals surface area contributed by atoms with E-state index in [-0.39, 0.29) is 17.8 Å². The Kier molecular flexibility index (Phi) is 4.94. The molecule has 1 aliphatic rings. The second-order valence-electron chi connectivity index (χ2n) is 4.41. The van der Waals surface area contributed by atoms with Crippen LogP contribution in [0.25, 0.3) is 0 Å². The largest absolute Gasteiger partial charge is 0.376 e. The summed E-state index contributed by atoms with van der Waals surface area (Å²) in [7, 11) is 0. The van der Waals surface area contributed by atoms with Crippen molar-refractivity contribution in [3.8, 4) is 0 Å². The Morgan fingerprint density at radius 1 is 1.05 bits per heavy atom. The predicted octanol–water partition coefficient (Wildman–Crippen LogP) is 2.85. The first-order valence-corrected chi connectivity index (χ1v) is 6.50. The zero-order valence-corrected chi connectivity index (χ0v) is 11.4. The van der Waals surface area contributed by atoms with E-state index >= 15 is 0 Å². The van der Waals surface area contributed by atoms with Crippen molar-refractivity contribution in [1.29, 1.82) is 0 Å². The SMILES string of the molecule is Fc1c(F)c(F)c(NC(=S)NCC2CCCO2)c(F)c1F. The molecule has 1 aromatic carbocycles. The molecule has 9 heteroatoms. The molecule has 2 rings (SSSR count). The summed E-state index contributed by atoms with van der Waals surface area (Å²) < 4.78 is 71.0. The first-order chi connectivity index (χ1) is 9.91. The summed E-state index contributed by atoms with van der Waals surface area (Å²) in [6.45, 7) is 0.894. The zero-order valence-electron chi connectivity index (χ0n) is 10.6. The van der Waals surface area contributed by atoms with Crippen LogP contribution in [0.4, 0.5) is 27.6 Å². The summed E-state index contributed by atoms with van der Waals surface area (Å²) in [6, 6.07) is 0. The van der Waals surface area contributed by atoms with Gasteiger partial charge in [-0.05, 0) is 25.1 Å². The first-order valence-electron chi connectivity index (χ1n) is 6.09. The molecule has 1 fully saturated rings. The second-order valence-corrected chi connectivity index (χ2v) is 4.82. The molecule has 1 aromatic rings. The van der Waals surface area contributed by atoms with Crippen LogP contribution in [0.1, 0.15) is 12.8 Å². The molecule has 0 spiro atoms. The van der Waals surface area contributed by atoms with Gasteiger partial charge in [0.15, 0.2) is 28.4 Å². The molecule has 1 heterocycles. The van der Waals surface area contributed by atoms with E-state index in [1.54, 1.807) is 0 Å². The van der Waals surface area contributed by atoms with Crippen LogP contribution in [0.3, 0.4) is 0 Å². The van der Waals surface area contributed by atoms with Gasteiger partial charge < -0.3 is 15.4 Å². The Labute approximate surface area is 122 Å². The van der Waals surface area contributed by atoms with E-state index in [0.717, 1.165) is 12.8 Å². The van der Waals surface area contributed by atoms with Gasteiger partial charge >= 0.3 is 0 Å². The average Bonchev–Trinajstić information content (AvgIpc) is 2.99. The molecule has 21 heavy (non-hydrogen) atoms. The lowest BCUT2D eigenvalue weighted by atomic mass is 10.2. The van der Waals surface area contributed by atoms with Gasteiger partial charge in [-0.2, -0.15) is 0 Å². The van der Waals surface area contributed by atoms with E-state index in [2.05, 4.69) is 5.32 Å². The number of hydrogen-bond acceptors (Lipinski definition) is 2. The summed E-state index contributed by atoms with van der Waals surface area (Å²) in [5, 5.41) is 4.33. The van der Waals surface area contributed by atoms with E-state index in [0.29, 0.717) is 6.61 Å². The standard InChI is InChI=1S/C12H11F5N2OS/c13-6-7(14)9(16)11(10(17)8(6)15)19-12(21)18-4-5-2-1-3-20-5/h5H,1-4H2,(H2,18,19,21). The van der Waals surface area contributed by atoms with Gasteiger partial charge in [0.2, 0.25) is 5.82 Å². The van der Waals surface area contributed by atoms with Gasteiger partial charge in [0.05, 0.1) is 6.10 Å². The quantitative estimate of drug-likeness (QED) is 0.387. The maximum Gasteiger partial charge on any atom is 0.200 e. The third-order valence-electron chi connectivity index (χ3n) is 2.96. The van der Waals surface area contributed by atoms with Gasteiger partial charge in [-0.1, -0.05) is 0 Å². The molecule has 0 radical (unpaired) electrons. The summed E-state index contributed by atoms with van der Waals surface area (Å²) >= 11 is 4.76. The topological polar surface area (TPSA) is 33.3 Å². The molecule has 0 amide bonds. The maximum atomic E-state index is 13.4. The fourth-order valence-electron chi connectivity index (χ4n) is 1.88. The average molecular weight is 326 g/mol. The highest BCUT2D eigenvalue weighted by Gasteiger charge is 2.26. The molecule has 0 aliphatic carbocycles. The molecule has 0 bridgehead atoms. The van der Waals surface area contributed by atoms with Gasteiger partial charge in [0.25, 0.3) is 0 Å². The van der Waals surface area contributed by atoms with Crippen LogP contribution in [0.15, 0.2) is 0 Å². The molecule has 3 nitrogen and oxygen atoms in total. The molecule has 1 saturated heterocycles. The van der Waals surface area contributed by atoms with Crippen LogP contribution in [0.2, 0.25) is 0 Å². The summed E-state index contributed by atoms with van der Waals surface area (Å²) in [4.78, 5) is 0. The molecule has 2 N–H and O–H groups in total. The van der Waals surface area contributed by atoms with Crippen LogP contribution in [-0.4, -0.2) is 24.4 Å². The molecular weight excluding hydrogens is 315 g/mol. The monoisotopic (exact) mass is 326 g/mol. The van der Waals surface area contributed by atoms with Gasteiger partial charge in [-0.25, -0.2) is 22.0 Å². The fourth-order valence-corrected chi connectivity index (χ4v) is 2.07. The Hall–Kier alpha value is -1.48. The molecule has 116 valence electrons. The van der Waals surface area contributed by atoms with Gasteiger partial charge in [-0.15, -0.1) is 0 Å². The number of hydrogen-bond donors (Lipinski definition) is 2. The number of benzene rings is 1. The lowest BCUT2D eigenvalue weighted by Gasteiger charge is -2.15. The molecule has 1 unspecified atom stereocenters.